The van der Waals surface area contributed by atoms with Gasteiger partial charge in [0.05, 0.1) is 16.4 Å². The number of aliphatic carboxylic acids is 1. The minimum absolute atomic E-state index is 0.0700. The second kappa shape index (κ2) is 6.46. The normalized spacial score (nSPS) is 22.7. The van der Waals surface area contributed by atoms with Crippen LogP contribution in [-0.4, -0.2) is 38.6 Å². The van der Waals surface area contributed by atoms with Gasteiger partial charge < -0.3 is 10.4 Å². The molecule has 1 aromatic rings. The molecule has 0 amide bonds. The van der Waals surface area contributed by atoms with Gasteiger partial charge in [0.1, 0.15) is 0 Å². The van der Waals surface area contributed by atoms with Crippen molar-refractivity contribution in [2.45, 2.75) is 23.5 Å². The van der Waals surface area contributed by atoms with Crippen molar-refractivity contribution in [1.82, 2.24) is 10.0 Å². The molecule has 2 rings (SSSR count). The number of halogens is 3. The van der Waals surface area contributed by atoms with Crippen LogP contribution in [0.2, 0.25) is 0 Å². The molecule has 1 aliphatic heterocycles. The number of sulfonamides is 1. The largest absolute Gasteiger partial charge is 0.481 e. The lowest BCUT2D eigenvalue weighted by molar-refractivity contribution is -0.142. The number of nitrogens with one attached hydrogen (secondary N) is 2. The lowest BCUT2D eigenvalue weighted by Gasteiger charge is -2.28. The van der Waals surface area contributed by atoms with E-state index in [2.05, 4.69) is 10.0 Å². The number of hydrogen-bond donors (Lipinski definition) is 3. The summed E-state index contributed by atoms with van der Waals surface area (Å²) in [5.74, 6) is -1.81. The van der Waals surface area contributed by atoms with Gasteiger partial charge in [0.2, 0.25) is 10.0 Å². The van der Waals surface area contributed by atoms with Crippen molar-refractivity contribution in [2.75, 3.05) is 13.1 Å². The van der Waals surface area contributed by atoms with Gasteiger partial charge in [0.15, 0.2) is 0 Å². The lowest BCUT2D eigenvalue weighted by Crippen LogP contribution is -2.50. The standard InChI is InChI=1S/C13H15F3N2O4S/c14-13(15,16)9-2-1-3-11(5-9)23(21,22)18-10-4-8(12(19)20)6-17-7-10/h1-3,5,8,10,17-18H,4,6-7H2,(H,19,20)/t8-,10+/m0/s1. The highest BCUT2D eigenvalue weighted by molar-refractivity contribution is 7.89. The summed E-state index contributed by atoms with van der Waals surface area (Å²) >= 11 is 0. The molecule has 1 saturated heterocycles. The molecule has 0 unspecified atom stereocenters. The number of carbonyl (C=O) groups is 1. The summed E-state index contributed by atoms with van der Waals surface area (Å²) < 4.78 is 64.7. The molecule has 0 saturated carbocycles. The van der Waals surface area contributed by atoms with Crippen LogP contribution >= 0.6 is 0 Å². The van der Waals surface area contributed by atoms with Crippen LogP contribution in [0.15, 0.2) is 29.2 Å². The Morgan fingerprint density at radius 3 is 2.61 bits per heavy atom. The Hall–Kier alpha value is -1.65. The highest BCUT2D eigenvalue weighted by Gasteiger charge is 2.33. The Morgan fingerprint density at radius 2 is 2.00 bits per heavy atom. The lowest BCUT2D eigenvalue weighted by atomic mass is 9.97. The van der Waals surface area contributed by atoms with E-state index in [1.807, 2.05) is 0 Å². The number of hydrogen-bond acceptors (Lipinski definition) is 4. The molecule has 1 aliphatic rings. The van der Waals surface area contributed by atoms with E-state index in [0.717, 1.165) is 18.2 Å². The van der Waals surface area contributed by atoms with Gasteiger partial charge in [-0.2, -0.15) is 13.2 Å². The van der Waals surface area contributed by atoms with Gasteiger partial charge in [0, 0.05) is 19.1 Å². The molecule has 0 bridgehead atoms. The maximum atomic E-state index is 12.7. The van der Waals surface area contributed by atoms with Crippen LogP contribution in [0.1, 0.15) is 12.0 Å². The van der Waals surface area contributed by atoms with Crippen LogP contribution in [0.5, 0.6) is 0 Å². The third-order valence-electron chi connectivity index (χ3n) is 3.49. The first-order chi connectivity index (χ1) is 10.6. The zero-order valence-electron chi connectivity index (χ0n) is 11.8. The zero-order chi connectivity index (χ0) is 17.3. The van der Waals surface area contributed by atoms with E-state index in [1.165, 1.54) is 0 Å². The quantitative estimate of drug-likeness (QED) is 0.753. The molecular weight excluding hydrogens is 337 g/mol. The van der Waals surface area contributed by atoms with Crippen LogP contribution in [-0.2, 0) is 21.0 Å². The molecule has 0 aromatic heterocycles. The third-order valence-corrected chi connectivity index (χ3v) is 5.01. The Bertz CT molecular complexity index is 691. The van der Waals surface area contributed by atoms with Gasteiger partial charge in [-0.25, -0.2) is 13.1 Å². The van der Waals surface area contributed by atoms with Crippen LogP contribution in [0.25, 0.3) is 0 Å². The van der Waals surface area contributed by atoms with Crippen molar-refractivity contribution < 1.29 is 31.5 Å². The third kappa shape index (κ3) is 4.43. The Kier molecular flexibility index (Phi) is 4.97. The average molecular weight is 352 g/mol. The first kappa shape index (κ1) is 17.7. The zero-order valence-corrected chi connectivity index (χ0v) is 12.6. The Morgan fingerprint density at radius 1 is 1.30 bits per heavy atom. The van der Waals surface area contributed by atoms with Crippen molar-refractivity contribution in [3.63, 3.8) is 0 Å². The second-order valence-corrected chi connectivity index (χ2v) is 6.99. The molecule has 6 nitrogen and oxygen atoms in total. The van der Waals surface area contributed by atoms with Crippen LogP contribution in [0.4, 0.5) is 13.2 Å². The maximum Gasteiger partial charge on any atom is 0.416 e. The predicted octanol–water partition coefficient (Wildman–Crippen LogP) is 1.05. The summed E-state index contributed by atoms with van der Waals surface area (Å²) in [6, 6.07) is 2.69. The summed E-state index contributed by atoms with van der Waals surface area (Å²) in [6.07, 6.45) is -4.58. The van der Waals surface area contributed by atoms with Gasteiger partial charge in [0.25, 0.3) is 0 Å². The molecule has 0 aliphatic carbocycles. The van der Waals surface area contributed by atoms with Crippen LogP contribution < -0.4 is 10.0 Å². The summed E-state index contributed by atoms with van der Waals surface area (Å²) in [4.78, 5) is 10.4. The van der Waals surface area contributed by atoms with E-state index < -0.39 is 44.6 Å². The minimum Gasteiger partial charge on any atom is -0.481 e. The predicted molar refractivity (Wildman–Crippen MR) is 74.2 cm³/mol. The molecule has 2 atom stereocenters. The maximum absolute atomic E-state index is 12.7. The van der Waals surface area contributed by atoms with Crippen molar-refractivity contribution in [3.05, 3.63) is 29.8 Å². The second-order valence-electron chi connectivity index (χ2n) is 5.27. The van der Waals surface area contributed by atoms with Gasteiger partial charge in [-0.05, 0) is 24.6 Å². The van der Waals surface area contributed by atoms with Gasteiger partial charge in [-0.3, -0.25) is 4.79 Å². The van der Waals surface area contributed by atoms with Crippen LogP contribution in [0, 0.1) is 5.92 Å². The number of piperidine rings is 1. The number of alkyl halides is 3. The fourth-order valence-electron chi connectivity index (χ4n) is 2.35. The van der Waals surface area contributed by atoms with E-state index in [4.69, 9.17) is 5.11 Å². The topological polar surface area (TPSA) is 95.5 Å². The Labute approximate surface area is 130 Å². The molecule has 1 heterocycles. The van der Waals surface area contributed by atoms with Crippen molar-refractivity contribution in [2.24, 2.45) is 5.92 Å². The summed E-state index contributed by atoms with van der Waals surface area (Å²) in [5.41, 5.74) is -1.06. The highest BCUT2D eigenvalue weighted by atomic mass is 32.2. The highest BCUT2D eigenvalue weighted by Crippen LogP contribution is 2.30. The Balaban J connectivity index is 2.17. The molecule has 1 fully saturated rings. The molecule has 3 N–H and O–H groups in total. The van der Waals surface area contributed by atoms with Crippen molar-refractivity contribution in [3.8, 4) is 0 Å². The first-order valence-electron chi connectivity index (χ1n) is 6.73. The van der Waals surface area contributed by atoms with E-state index in [1.54, 1.807) is 0 Å². The van der Waals surface area contributed by atoms with E-state index >= 15 is 0 Å². The van der Waals surface area contributed by atoms with E-state index in [-0.39, 0.29) is 19.5 Å². The monoisotopic (exact) mass is 352 g/mol. The molecule has 0 spiro atoms. The molecule has 1 aromatic carbocycles. The van der Waals surface area contributed by atoms with E-state index in [9.17, 15) is 26.4 Å². The summed E-state index contributed by atoms with van der Waals surface area (Å²) in [5, 5.41) is 11.7. The van der Waals surface area contributed by atoms with Gasteiger partial charge in [-0.1, -0.05) is 6.07 Å². The molecule has 23 heavy (non-hydrogen) atoms. The SMILES string of the molecule is O=C(O)[C@@H]1CNC[C@H](NS(=O)(=O)c2cccc(C(F)(F)F)c2)C1. The number of benzene rings is 1. The number of carboxylic acids is 1. The summed E-state index contributed by atoms with van der Waals surface area (Å²) in [6.45, 7) is 0.430. The number of rotatable bonds is 4. The number of carboxylic acid groups (broad SMARTS) is 1. The minimum atomic E-state index is -4.65. The van der Waals surface area contributed by atoms with Gasteiger partial charge in [-0.15, -0.1) is 0 Å². The molecule has 10 heteroatoms. The van der Waals surface area contributed by atoms with Crippen molar-refractivity contribution in [1.29, 1.82) is 0 Å². The molecule has 128 valence electrons. The van der Waals surface area contributed by atoms with E-state index in [0.29, 0.717) is 6.07 Å². The fraction of sp³-hybridized carbons (Fsp3) is 0.462. The van der Waals surface area contributed by atoms with Crippen molar-refractivity contribution >= 4 is 16.0 Å². The smallest absolute Gasteiger partial charge is 0.416 e. The van der Waals surface area contributed by atoms with Crippen LogP contribution in [0.3, 0.4) is 0 Å². The molecular formula is C13H15F3N2O4S. The molecule has 0 radical (unpaired) electrons. The average Bonchev–Trinajstić information content (AvgIpc) is 2.46. The summed E-state index contributed by atoms with van der Waals surface area (Å²) in [7, 11) is -4.17. The fourth-order valence-corrected chi connectivity index (χ4v) is 3.64. The van der Waals surface area contributed by atoms with Gasteiger partial charge >= 0.3 is 12.1 Å². The first-order valence-corrected chi connectivity index (χ1v) is 8.21.